The van der Waals surface area contributed by atoms with E-state index in [2.05, 4.69) is 0 Å². The lowest BCUT2D eigenvalue weighted by atomic mass is 9.69. The number of aliphatic hydroxyl groups is 2. The van der Waals surface area contributed by atoms with Gasteiger partial charge in [-0.1, -0.05) is 13.0 Å². The third-order valence-corrected chi connectivity index (χ3v) is 6.10. The van der Waals surface area contributed by atoms with E-state index < -0.39 is 24.1 Å². The summed E-state index contributed by atoms with van der Waals surface area (Å²) >= 11 is 0. The molecule has 0 saturated carbocycles. The van der Waals surface area contributed by atoms with E-state index in [4.69, 9.17) is 0 Å². The maximum atomic E-state index is 12.7. The van der Waals surface area contributed by atoms with Gasteiger partial charge in [0.1, 0.15) is 11.5 Å². The Morgan fingerprint density at radius 2 is 1.86 bits per heavy atom. The minimum absolute atomic E-state index is 0.00315. The van der Waals surface area contributed by atoms with Crippen LogP contribution in [0.1, 0.15) is 54.6 Å². The van der Waals surface area contributed by atoms with Crippen LogP contribution in [0, 0.1) is 17.8 Å². The van der Waals surface area contributed by atoms with Crippen LogP contribution in [-0.2, 0) is 22.4 Å². The SMILES string of the molecule is CCc1ccc(O)c2c1CC(CC1CC(O)=C(C(C)=O)C(=O)C1CO)CC2=O. The molecule has 6 nitrogen and oxygen atoms in total. The summed E-state index contributed by atoms with van der Waals surface area (Å²) in [4.78, 5) is 36.9. The number of aliphatic hydroxyl groups excluding tert-OH is 2. The molecule has 2 aliphatic rings. The lowest BCUT2D eigenvalue weighted by Gasteiger charge is -2.34. The van der Waals surface area contributed by atoms with Crippen LogP contribution < -0.4 is 0 Å². The van der Waals surface area contributed by atoms with Gasteiger partial charge < -0.3 is 15.3 Å². The van der Waals surface area contributed by atoms with Crippen molar-refractivity contribution in [3.8, 4) is 5.75 Å². The van der Waals surface area contributed by atoms with Gasteiger partial charge in [-0.2, -0.15) is 0 Å². The number of aryl methyl sites for hydroxylation is 1. The van der Waals surface area contributed by atoms with Gasteiger partial charge >= 0.3 is 0 Å². The molecule has 0 bridgehead atoms. The van der Waals surface area contributed by atoms with Gasteiger partial charge in [0.25, 0.3) is 0 Å². The van der Waals surface area contributed by atoms with E-state index in [1.807, 2.05) is 13.0 Å². The summed E-state index contributed by atoms with van der Waals surface area (Å²) in [6, 6.07) is 3.39. The monoisotopic (exact) mass is 386 g/mol. The Labute approximate surface area is 163 Å². The minimum atomic E-state index is -0.749. The third kappa shape index (κ3) is 3.49. The zero-order chi connectivity index (χ0) is 20.6. The summed E-state index contributed by atoms with van der Waals surface area (Å²) < 4.78 is 0. The van der Waals surface area contributed by atoms with Crippen molar-refractivity contribution in [2.75, 3.05) is 6.61 Å². The Morgan fingerprint density at radius 3 is 2.46 bits per heavy atom. The molecule has 28 heavy (non-hydrogen) atoms. The summed E-state index contributed by atoms with van der Waals surface area (Å²) in [5.74, 6) is -2.48. The Hall–Kier alpha value is -2.47. The number of benzene rings is 1. The molecule has 3 rings (SSSR count). The Bertz CT molecular complexity index is 866. The number of allylic oxidation sites excluding steroid dienone is 2. The van der Waals surface area contributed by atoms with Crippen molar-refractivity contribution in [2.24, 2.45) is 17.8 Å². The molecule has 3 unspecified atom stereocenters. The van der Waals surface area contributed by atoms with Crippen molar-refractivity contribution in [3.63, 3.8) is 0 Å². The van der Waals surface area contributed by atoms with Gasteiger partial charge in [-0.25, -0.2) is 0 Å². The molecule has 0 aliphatic heterocycles. The molecule has 0 spiro atoms. The number of carbonyl (C=O) groups is 3. The molecule has 150 valence electrons. The van der Waals surface area contributed by atoms with Crippen LogP contribution in [0.4, 0.5) is 0 Å². The van der Waals surface area contributed by atoms with Crippen LogP contribution in [0.5, 0.6) is 5.75 Å². The Balaban J connectivity index is 1.87. The van der Waals surface area contributed by atoms with Crippen LogP contribution in [0.3, 0.4) is 0 Å². The first-order valence-corrected chi connectivity index (χ1v) is 9.73. The molecule has 3 atom stereocenters. The lowest BCUT2D eigenvalue weighted by molar-refractivity contribution is -0.127. The van der Waals surface area contributed by atoms with E-state index in [1.54, 1.807) is 6.07 Å². The second-order valence-electron chi connectivity index (χ2n) is 7.88. The molecular formula is C22H26O6. The van der Waals surface area contributed by atoms with E-state index in [-0.39, 0.29) is 47.5 Å². The van der Waals surface area contributed by atoms with Crippen LogP contribution in [0.25, 0.3) is 0 Å². The number of phenols is 1. The largest absolute Gasteiger partial charge is 0.511 e. The molecule has 2 aliphatic carbocycles. The summed E-state index contributed by atoms with van der Waals surface area (Å²) in [7, 11) is 0. The predicted molar refractivity (Wildman–Crippen MR) is 102 cm³/mol. The zero-order valence-electron chi connectivity index (χ0n) is 16.2. The number of carbonyl (C=O) groups excluding carboxylic acids is 3. The van der Waals surface area contributed by atoms with E-state index >= 15 is 0 Å². The van der Waals surface area contributed by atoms with Crippen molar-refractivity contribution < 1.29 is 29.7 Å². The Morgan fingerprint density at radius 1 is 1.14 bits per heavy atom. The number of aromatic hydroxyl groups is 1. The van der Waals surface area contributed by atoms with Gasteiger partial charge in [-0.15, -0.1) is 0 Å². The molecule has 0 saturated heterocycles. The first kappa shape index (κ1) is 20.3. The Kier molecular flexibility index (Phi) is 5.70. The smallest absolute Gasteiger partial charge is 0.175 e. The highest BCUT2D eigenvalue weighted by Gasteiger charge is 2.40. The van der Waals surface area contributed by atoms with Crippen molar-refractivity contribution in [3.05, 3.63) is 40.2 Å². The van der Waals surface area contributed by atoms with Gasteiger partial charge in [-0.3, -0.25) is 14.4 Å². The van der Waals surface area contributed by atoms with Gasteiger partial charge in [0.05, 0.1) is 17.7 Å². The maximum absolute atomic E-state index is 12.7. The van der Waals surface area contributed by atoms with Gasteiger partial charge in [0, 0.05) is 18.8 Å². The van der Waals surface area contributed by atoms with Gasteiger partial charge in [0.2, 0.25) is 0 Å². The van der Waals surface area contributed by atoms with Crippen molar-refractivity contribution in [2.45, 2.75) is 46.0 Å². The first-order valence-electron chi connectivity index (χ1n) is 9.73. The second-order valence-corrected chi connectivity index (χ2v) is 7.88. The second kappa shape index (κ2) is 7.87. The molecule has 0 fully saturated rings. The van der Waals surface area contributed by atoms with E-state index in [0.717, 1.165) is 17.5 Å². The highest BCUT2D eigenvalue weighted by atomic mass is 16.3. The van der Waals surface area contributed by atoms with Crippen LogP contribution in [0.15, 0.2) is 23.5 Å². The highest BCUT2D eigenvalue weighted by molar-refractivity contribution is 6.21. The predicted octanol–water partition coefficient (Wildman–Crippen LogP) is 2.69. The highest BCUT2D eigenvalue weighted by Crippen LogP contribution is 2.40. The number of phenolic OH excluding ortho intramolecular Hbond substituents is 1. The zero-order valence-corrected chi connectivity index (χ0v) is 16.2. The number of ketones is 3. The van der Waals surface area contributed by atoms with Crippen molar-refractivity contribution in [1.29, 1.82) is 0 Å². The van der Waals surface area contributed by atoms with Crippen LogP contribution in [-0.4, -0.2) is 39.3 Å². The topological polar surface area (TPSA) is 112 Å². The molecule has 0 heterocycles. The summed E-state index contributed by atoms with van der Waals surface area (Å²) in [6.07, 6.45) is 2.22. The normalized spacial score (nSPS) is 25.0. The van der Waals surface area contributed by atoms with Crippen LogP contribution >= 0.6 is 0 Å². The number of fused-ring (bicyclic) bond motifs is 1. The number of Topliss-reactive ketones (excluding diaryl/α,β-unsaturated/α-hetero) is 3. The van der Waals surface area contributed by atoms with Gasteiger partial charge in [0.15, 0.2) is 17.3 Å². The molecule has 3 N–H and O–H groups in total. The molecule has 0 radical (unpaired) electrons. The van der Waals surface area contributed by atoms with Crippen molar-refractivity contribution in [1.82, 2.24) is 0 Å². The number of hydrogen-bond donors (Lipinski definition) is 3. The number of rotatable bonds is 5. The fourth-order valence-corrected chi connectivity index (χ4v) is 4.76. The molecule has 0 aromatic heterocycles. The fraction of sp³-hybridized carbons (Fsp3) is 0.500. The van der Waals surface area contributed by atoms with E-state index in [9.17, 15) is 29.7 Å². The first-order chi connectivity index (χ1) is 13.3. The van der Waals surface area contributed by atoms with Crippen LogP contribution in [0.2, 0.25) is 0 Å². The van der Waals surface area contributed by atoms with Gasteiger partial charge in [-0.05, 0) is 55.2 Å². The number of hydrogen-bond acceptors (Lipinski definition) is 6. The van der Waals surface area contributed by atoms with Crippen molar-refractivity contribution >= 4 is 17.3 Å². The quantitative estimate of drug-likeness (QED) is 0.671. The van der Waals surface area contributed by atoms with E-state index in [0.29, 0.717) is 18.4 Å². The standard InChI is InChI=1S/C22H26O6/c1-3-13-4-5-17(25)21-15(13)7-12(8-18(21)26)6-14-9-19(27)20(11(2)24)22(28)16(14)10-23/h4-5,12,14,16,23,25,27H,3,6-10H2,1-2H3. The summed E-state index contributed by atoms with van der Waals surface area (Å²) in [5, 5.41) is 30.1. The summed E-state index contributed by atoms with van der Waals surface area (Å²) in [5.41, 5.74) is 2.07. The molecule has 1 aromatic carbocycles. The molecular weight excluding hydrogens is 360 g/mol. The fourth-order valence-electron chi connectivity index (χ4n) is 4.76. The molecule has 1 aromatic rings. The minimum Gasteiger partial charge on any atom is -0.511 e. The average molecular weight is 386 g/mol. The lowest BCUT2D eigenvalue weighted by Crippen LogP contribution is -2.37. The maximum Gasteiger partial charge on any atom is 0.175 e. The van der Waals surface area contributed by atoms with E-state index in [1.165, 1.54) is 6.92 Å². The average Bonchev–Trinajstić information content (AvgIpc) is 2.61. The molecule has 0 amide bonds. The molecule has 6 heteroatoms. The summed E-state index contributed by atoms with van der Waals surface area (Å²) in [6.45, 7) is 2.83. The third-order valence-electron chi connectivity index (χ3n) is 6.10.